The number of benzene rings is 1. The van der Waals surface area contributed by atoms with E-state index in [9.17, 15) is 18.0 Å². The first kappa shape index (κ1) is 20.0. The van der Waals surface area contributed by atoms with Gasteiger partial charge in [0.25, 0.3) is 5.91 Å². The number of carbonyl (C=O) groups excluding carboxylic acids is 1. The van der Waals surface area contributed by atoms with E-state index >= 15 is 0 Å². The molecule has 4 aromatic rings. The van der Waals surface area contributed by atoms with Gasteiger partial charge in [-0.15, -0.1) is 0 Å². The minimum Gasteiger partial charge on any atom is -0.369 e. The Morgan fingerprint density at radius 1 is 1.18 bits per heavy atom. The number of rotatable bonds is 4. The van der Waals surface area contributed by atoms with Crippen LogP contribution in [-0.4, -0.2) is 35.7 Å². The Labute approximate surface area is 186 Å². The van der Waals surface area contributed by atoms with Crippen molar-refractivity contribution in [3.63, 3.8) is 0 Å². The number of halogens is 3. The Morgan fingerprint density at radius 2 is 1.97 bits per heavy atom. The SMILES string of the molecule is Nc1nc2ccc(C(=O)N(Cc3ccc(C(F)(F)F)cn3)C34CC(C3)C4)cc2c2cncn12. The van der Waals surface area contributed by atoms with Crippen molar-refractivity contribution in [1.82, 2.24) is 24.3 Å². The molecule has 2 N–H and O–H groups in total. The Balaban J connectivity index is 1.36. The number of amides is 1. The van der Waals surface area contributed by atoms with Crippen molar-refractivity contribution in [2.45, 2.75) is 37.5 Å². The molecule has 0 saturated heterocycles. The maximum absolute atomic E-state index is 13.7. The van der Waals surface area contributed by atoms with Gasteiger partial charge in [-0.3, -0.25) is 14.2 Å². The van der Waals surface area contributed by atoms with Gasteiger partial charge in [0.1, 0.15) is 6.33 Å². The van der Waals surface area contributed by atoms with Crippen molar-refractivity contribution in [1.29, 1.82) is 0 Å². The van der Waals surface area contributed by atoms with Gasteiger partial charge in [-0.2, -0.15) is 13.2 Å². The average Bonchev–Trinajstić information content (AvgIpc) is 3.21. The third-order valence-electron chi connectivity index (χ3n) is 6.94. The third kappa shape index (κ3) is 3.04. The molecule has 7 nitrogen and oxygen atoms in total. The summed E-state index contributed by atoms with van der Waals surface area (Å²) in [6.45, 7) is 0.157. The number of alkyl halides is 3. The molecule has 0 aliphatic heterocycles. The fourth-order valence-electron chi connectivity index (χ4n) is 5.05. The van der Waals surface area contributed by atoms with Crippen LogP contribution in [-0.2, 0) is 12.7 Å². The molecule has 2 bridgehead atoms. The van der Waals surface area contributed by atoms with E-state index in [0.717, 1.165) is 42.4 Å². The third-order valence-corrected chi connectivity index (χ3v) is 6.94. The molecule has 1 amide bonds. The summed E-state index contributed by atoms with van der Waals surface area (Å²) in [5.74, 6) is 0.750. The summed E-state index contributed by atoms with van der Waals surface area (Å²) in [7, 11) is 0. The highest BCUT2D eigenvalue weighted by Gasteiger charge is 2.61. The molecule has 3 aliphatic rings. The van der Waals surface area contributed by atoms with Crippen LogP contribution in [0.3, 0.4) is 0 Å². The van der Waals surface area contributed by atoms with Crippen LogP contribution in [0.4, 0.5) is 19.1 Å². The first-order valence-corrected chi connectivity index (χ1v) is 10.6. The van der Waals surface area contributed by atoms with Crippen molar-refractivity contribution >= 4 is 28.3 Å². The molecule has 3 saturated carbocycles. The number of fused-ring (bicyclic) bond motifs is 3. The van der Waals surface area contributed by atoms with Crippen LogP contribution in [0.1, 0.15) is 40.9 Å². The normalized spacial score (nSPS) is 21.6. The number of hydrogen-bond donors (Lipinski definition) is 1. The zero-order valence-electron chi connectivity index (χ0n) is 17.4. The van der Waals surface area contributed by atoms with Gasteiger partial charge in [0, 0.05) is 22.7 Å². The van der Waals surface area contributed by atoms with E-state index in [1.54, 1.807) is 40.0 Å². The monoisotopic (exact) mass is 452 g/mol. The Bertz CT molecular complexity index is 1390. The standard InChI is InChI=1S/C23H19F3N6O/c24-23(25,26)15-2-3-16(29-9-15)11-32(22-6-13(7-22)8-22)20(33)14-1-4-18-17(5-14)19-10-28-12-31(19)21(27)30-18/h1-5,9-10,12-13H,6-8,11H2,(H2,27,30). The van der Waals surface area contributed by atoms with Gasteiger partial charge in [-0.25, -0.2) is 9.97 Å². The van der Waals surface area contributed by atoms with Crippen molar-refractivity contribution in [3.8, 4) is 0 Å². The summed E-state index contributed by atoms with van der Waals surface area (Å²) < 4.78 is 40.4. The number of carbonyl (C=O) groups is 1. The number of pyridine rings is 1. The number of hydrogen-bond acceptors (Lipinski definition) is 5. The highest BCUT2D eigenvalue weighted by Crippen LogP contribution is 2.61. The Kier molecular flexibility index (Phi) is 4.03. The zero-order valence-corrected chi connectivity index (χ0v) is 17.4. The summed E-state index contributed by atoms with van der Waals surface area (Å²) in [4.78, 5) is 28.0. The smallest absolute Gasteiger partial charge is 0.369 e. The average molecular weight is 452 g/mol. The summed E-state index contributed by atoms with van der Waals surface area (Å²) in [6, 6.07) is 7.60. The Hall–Kier alpha value is -3.69. The van der Waals surface area contributed by atoms with E-state index in [-0.39, 0.29) is 18.0 Å². The second-order valence-corrected chi connectivity index (χ2v) is 8.98. The van der Waals surface area contributed by atoms with Crippen molar-refractivity contribution in [3.05, 3.63) is 65.9 Å². The molecule has 3 heterocycles. The van der Waals surface area contributed by atoms with E-state index in [2.05, 4.69) is 15.0 Å². The highest BCUT2D eigenvalue weighted by molar-refractivity contribution is 6.02. The number of anilines is 1. The highest BCUT2D eigenvalue weighted by atomic mass is 19.4. The van der Waals surface area contributed by atoms with Crippen LogP contribution in [0.5, 0.6) is 0 Å². The molecule has 3 fully saturated rings. The number of aromatic nitrogens is 4. The Morgan fingerprint density at radius 3 is 2.61 bits per heavy atom. The summed E-state index contributed by atoms with van der Waals surface area (Å²) in [6.07, 6.45) is 2.35. The molecular weight excluding hydrogens is 433 g/mol. The van der Waals surface area contributed by atoms with Crippen LogP contribution in [0, 0.1) is 5.92 Å². The minimum atomic E-state index is -4.45. The first-order valence-electron chi connectivity index (χ1n) is 10.6. The van der Waals surface area contributed by atoms with Crippen LogP contribution in [0.25, 0.3) is 16.4 Å². The zero-order chi connectivity index (χ0) is 23.0. The molecule has 33 heavy (non-hydrogen) atoms. The number of imidazole rings is 1. The second-order valence-electron chi connectivity index (χ2n) is 8.98. The summed E-state index contributed by atoms with van der Waals surface area (Å²) >= 11 is 0. The fourth-order valence-corrected chi connectivity index (χ4v) is 5.05. The lowest BCUT2D eigenvalue weighted by atomic mass is 9.49. The maximum Gasteiger partial charge on any atom is 0.417 e. The number of nitrogens with two attached hydrogens (primary N) is 1. The number of nitrogen functional groups attached to an aromatic ring is 1. The molecule has 0 radical (unpaired) electrons. The van der Waals surface area contributed by atoms with Gasteiger partial charge in [-0.1, -0.05) is 0 Å². The number of nitrogens with zero attached hydrogens (tertiary/aromatic N) is 5. The lowest BCUT2D eigenvalue weighted by molar-refractivity contribution is -0.138. The van der Waals surface area contributed by atoms with Gasteiger partial charge < -0.3 is 10.6 Å². The molecule has 10 heteroatoms. The topological polar surface area (TPSA) is 89.4 Å². The van der Waals surface area contributed by atoms with Crippen LogP contribution >= 0.6 is 0 Å². The molecule has 0 unspecified atom stereocenters. The van der Waals surface area contributed by atoms with E-state index in [4.69, 9.17) is 5.73 Å². The summed E-state index contributed by atoms with van der Waals surface area (Å²) in [5, 5.41) is 0.748. The molecular formula is C23H19F3N6O. The van der Waals surface area contributed by atoms with Crippen molar-refractivity contribution < 1.29 is 18.0 Å². The molecule has 0 atom stereocenters. The second kappa shape index (κ2) is 6.66. The minimum absolute atomic E-state index is 0.157. The van der Waals surface area contributed by atoms with Crippen LogP contribution in [0.15, 0.2) is 49.1 Å². The molecule has 7 rings (SSSR count). The molecule has 1 aromatic carbocycles. The van der Waals surface area contributed by atoms with E-state index in [1.807, 2.05) is 0 Å². The van der Waals surface area contributed by atoms with Crippen molar-refractivity contribution in [2.24, 2.45) is 5.92 Å². The lowest BCUT2D eigenvalue weighted by Crippen LogP contribution is -2.69. The van der Waals surface area contributed by atoms with Crippen LogP contribution in [0.2, 0.25) is 0 Å². The molecule has 3 aliphatic carbocycles. The van der Waals surface area contributed by atoms with Crippen molar-refractivity contribution in [2.75, 3.05) is 5.73 Å². The van der Waals surface area contributed by atoms with Gasteiger partial charge in [-0.05, 0) is 55.5 Å². The predicted molar refractivity (Wildman–Crippen MR) is 114 cm³/mol. The van der Waals surface area contributed by atoms with Gasteiger partial charge >= 0.3 is 6.18 Å². The summed E-state index contributed by atoms with van der Waals surface area (Å²) in [5.41, 5.74) is 7.24. The van der Waals surface area contributed by atoms with E-state index in [0.29, 0.717) is 28.6 Å². The van der Waals surface area contributed by atoms with Crippen LogP contribution < -0.4 is 5.73 Å². The fraction of sp³-hybridized carbons (Fsp3) is 0.304. The predicted octanol–water partition coefficient (Wildman–Crippen LogP) is 4.07. The molecule has 168 valence electrons. The first-order chi connectivity index (χ1) is 15.7. The molecule has 0 spiro atoms. The van der Waals surface area contributed by atoms with Gasteiger partial charge in [0.2, 0.25) is 5.95 Å². The van der Waals surface area contributed by atoms with Gasteiger partial charge in [0.05, 0.1) is 35.0 Å². The largest absolute Gasteiger partial charge is 0.417 e. The van der Waals surface area contributed by atoms with E-state index < -0.39 is 11.7 Å². The van der Waals surface area contributed by atoms with Gasteiger partial charge in [0.15, 0.2) is 0 Å². The quantitative estimate of drug-likeness (QED) is 0.504. The molecule has 3 aromatic heterocycles. The van der Waals surface area contributed by atoms with E-state index in [1.165, 1.54) is 6.07 Å². The maximum atomic E-state index is 13.7. The lowest BCUT2D eigenvalue weighted by Gasteiger charge is -2.66.